The number of fused-ring (bicyclic) bond motifs is 1. The van der Waals surface area contributed by atoms with Crippen molar-refractivity contribution in [2.75, 3.05) is 30.6 Å². The van der Waals surface area contributed by atoms with Crippen LogP contribution in [0.25, 0.3) is 0 Å². The minimum Gasteiger partial charge on any atom is -0.486 e. The van der Waals surface area contributed by atoms with E-state index in [4.69, 9.17) is 9.47 Å². The summed E-state index contributed by atoms with van der Waals surface area (Å²) in [6.45, 7) is 6.11. The number of nitrogens with one attached hydrogen (secondary N) is 1. The van der Waals surface area contributed by atoms with Crippen LogP contribution < -0.4 is 19.1 Å². The molecule has 1 aliphatic rings. The zero-order valence-electron chi connectivity index (χ0n) is 24.0. The average molecular weight is 598 g/mol. The molecule has 0 bridgehead atoms. The molecule has 42 heavy (non-hydrogen) atoms. The van der Waals surface area contributed by atoms with Crippen molar-refractivity contribution in [3.63, 3.8) is 0 Å². The standard InChI is InChI=1S/C31H36FN3O6S/c1-4-5-16-33-31(37)23(3)34(20-24-8-6-22(2)7-9-24)30(36)21-35(26-12-10-25(32)11-13-26)42(38,39)27-14-15-28-29(19-27)41-18-17-40-28/h6-15,19,23H,4-5,16-18,20-21H2,1-3H3,(H,33,37). The molecule has 1 atom stereocenters. The van der Waals surface area contributed by atoms with E-state index >= 15 is 0 Å². The SMILES string of the molecule is CCCCNC(=O)C(C)N(Cc1ccc(C)cc1)C(=O)CN(c1ccc(F)cc1)S(=O)(=O)c1ccc2c(c1)OCCO2. The smallest absolute Gasteiger partial charge is 0.264 e. The summed E-state index contributed by atoms with van der Waals surface area (Å²) < 4.78 is 53.9. The van der Waals surface area contributed by atoms with Crippen LogP contribution in [0.3, 0.4) is 0 Å². The number of aryl methyl sites for hydroxylation is 1. The van der Waals surface area contributed by atoms with Gasteiger partial charge in [0.2, 0.25) is 11.8 Å². The second kappa shape index (κ2) is 13.7. The number of ether oxygens (including phenoxy) is 2. The van der Waals surface area contributed by atoms with Gasteiger partial charge in [-0.3, -0.25) is 13.9 Å². The van der Waals surface area contributed by atoms with Gasteiger partial charge in [0, 0.05) is 19.2 Å². The van der Waals surface area contributed by atoms with Crippen molar-refractivity contribution in [3.05, 3.63) is 83.7 Å². The van der Waals surface area contributed by atoms with E-state index in [1.165, 1.54) is 35.2 Å². The molecule has 1 aliphatic heterocycles. The number of anilines is 1. The fraction of sp³-hybridized carbons (Fsp3) is 0.355. The van der Waals surface area contributed by atoms with Crippen LogP contribution in [0.2, 0.25) is 0 Å². The lowest BCUT2D eigenvalue weighted by atomic mass is 10.1. The molecule has 9 nitrogen and oxygen atoms in total. The van der Waals surface area contributed by atoms with Crippen LogP contribution in [-0.2, 0) is 26.2 Å². The molecule has 0 saturated carbocycles. The van der Waals surface area contributed by atoms with Crippen molar-refractivity contribution in [1.82, 2.24) is 10.2 Å². The summed E-state index contributed by atoms with van der Waals surface area (Å²) in [5, 5.41) is 2.86. The molecule has 4 rings (SSSR count). The van der Waals surface area contributed by atoms with Gasteiger partial charge >= 0.3 is 0 Å². The quantitative estimate of drug-likeness (QED) is 0.310. The molecule has 1 heterocycles. The van der Waals surface area contributed by atoms with Crippen LogP contribution in [0, 0.1) is 12.7 Å². The minimum absolute atomic E-state index is 0.0861. The summed E-state index contributed by atoms with van der Waals surface area (Å²) in [5.41, 5.74) is 1.91. The Morgan fingerprint density at radius 3 is 2.31 bits per heavy atom. The Hall–Kier alpha value is -4.12. The summed E-state index contributed by atoms with van der Waals surface area (Å²) in [6, 6.07) is 15.7. The van der Waals surface area contributed by atoms with Gasteiger partial charge in [-0.25, -0.2) is 12.8 Å². The van der Waals surface area contributed by atoms with E-state index in [9.17, 15) is 22.4 Å². The van der Waals surface area contributed by atoms with E-state index in [0.29, 0.717) is 18.9 Å². The van der Waals surface area contributed by atoms with E-state index < -0.39 is 34.3 Å². The normalized spacial score (nSPS) is 13.2. The maximum atomic E-state index is 14.0. The molecule has 0 spiro atoms. The summed E-state index contributed by atoms with van der Waals surface area (Å²) >= 11 is 0. The molecule has 1 unspecified atom stereocenters. The molecule has 3 aromatic rings. The van der Waals surface area contributed by atoms with Crippen molar-refractivity contribution < 1.29 is 31.9 Å². The molecule has 0 aromatic heterocycles. The first-order valence-corrected chi connectivity index (χ1v) is 15.3. The Morgan fingerprint density at radius 1 is 0.976 bits per heavy atom. The molecule has 0 fully saturated rings. The summed E-state index contributed by atoms with van der Waals surface area (Å²) in [5.74, 6) is -0.811. The molecule has 1 N–H and O–H groups in total. The van der Waals surface area contributed by atoms with Gasteiger partial charge < -0.3 is 19.7 Å². The third-order valence-corrected chi connectivity index (χ3v) is 8.74. The largest absolute Gasteiger partial charge is 0.486 e. The maximum absolute atomic E-state index is 14.0. The Balaban J connectivity index is 1.69. The second-order valence-electron chi connectivity index (χ2n) is 10.1. The predicted octanol–water partition coefficient (Wildman–Crippen LogP) is 4.43. The number of amides is 2. The number of carbonyl (C=O) groups is 2. The van der Waals surface area contributed by atoms with Crippen molar-refractivity contribution >= 4 is 27.5 Å². The van der Waals surface area contributed by atoms with Gasteiger partial charge in [-0.05, 0) is 62.2 Å². The highest BCUT2D eigenvalue weighted by Gasteiger charge is 2.33. The zero-order chi connectivity index (χ0) is 30.3. The van der Waals surface area contributed by atoms with Crippen molar-refractivity contribution in [2.24, 2.45) is 0 Å². The number of benzene rings is 3. The maximum Gasteiger partial charge on any atom is 0.264 e. The van der Waals surface area contributed by atoms with Crippen LogP contribution >= 0.6 is 0 Å². The van der Waals surface area contributed by atoms with Gasteiger partial charge in [0.25, 0.3) is 10.0 Å². The molecule has 0 aliphatic carbocycles. The Kier molecular flexibility index (Phi) is 10.1. The Bertz CT molecular complexity index is 1500. The summed E-state index contributed by atoms with van der Waals surface area (Å²) in [4.78, 5) is 28.3. The van der Waals surface area contributed by atoms with Crippen LogP contribution in [0.5, 0.6) is 11.5 Å². The molecule has 3 aromatic carbocycles. The Morgan fingerprint density at radius 2 is 1.64 bits per heavy atom. The number of sulfonamides is 1. The van der Waals surface area contributed by atoms with Crippen molar-refractivity contribution in [3.8, 4) is 11.5 Å². The third-order valence-electron chi connectivity index (χ3n) is 6.97. The van der Waals surface area contributed by atoms with E-state index in [0.717, 1.165) is 40.4 Å². The average Bonchev–Trinajstić information content (AvgIpc) is 2.99. The van der Waals surface area contributed by atoms with Crippen LogP contribution in [-0.4, -0.2) is 57.5 Å². The topological polar surface area (TPSA) is 105 Å². The molecular formula is C31H36FN3O6S. The first-order chi connectivity index (χ1) is 20.1. The monoisotopic (exact) mass is 597 g/mol. The highest BCUT2D eigenvalue weighted by molar-refractivity contribution is 7.92. The molecular weight excluding hydrogens is 561 g/mol. The number of nitrogens with zero attached hydrogens (tertiary/aromatic N) is 2. The van der Waals surface area contributed by atoms with Crippen molar-refractivity contribution in [2.45, 2.75) is 51.1 Å². The zero-order valence-corrected chi connectivity index (χ0v) is 24.8. The fourth-order valence-corrected chi connectivity index (χ4v) is 5.89. The molecule has 0 saturated heterocycles. The van der Waals surface area contributed by atoms with Gasteiger partial charge in [-0.1, -0.05) is 43.2 Å². The lowest BCUT2D eigenvalue weighted by Crippen LogP contribution is -2.51. The first-order valence-electron chi connectivity index (χ1n) is 13.9. The predicted molar refractivity (Wildman–Crippen MR) is 157 cm³/mol. The second-order valence-corrected chi connectivity index (χ2v) is 12.0. The van der Waals surface area contributed by atoms with Crippen LogP contribution in [0.4, 0.5) is 10.1 Å². The lowest BCUT2D eigenvalue weighted by Gasteiger charge is -2.32. The number of halogens is 1. The van der Waals surface area contributed by atoms with Gasteiger partial charge in [0.15, 0.2) is 11.5 Å². The third kappa shape index (κ3) is 7.39. The molecule has 0 radical (unpaired) electrons. The minimum atomic E-state index is -4.34. The van der Waals surface area contributed by atoms with E-state index in [-0.39, 0.29) is 35.4 Å². The van der Waals surface area contributed by atoms with Crippen LogP contribution in [0.15, 0.2) is 71.6 Å². The molecule has 2 amide bonds. The highest BCUT2D eigenvalue weighted by Crippen LogP contribution is 2.34. The van der Waals surface area contributed by atoms with Gasteiger partial charge in [-0.2, -0.15) is 0 Å². The highest BCUT2D eigenvalue weighted by atomic mass is 32.2. The van der Waals surface area contributed by atoms with Crippen LogP contribution in [0.1, 0.15) is 37.8 Å². The summed E-state index contributed by atoms with van der Waals surface area (Å²) in [6.07, 6.45) is 1.68. The summed E-state index contributed by atoms with van der Waals surface area (Å²) in [7, 11) is -4.34. The number of carbonyl (C=O) groups excluding carboxylic acids is 2. The van der Waals surface area contributed by atoms with Crippen molar-refractivity contribution in [1.29, 1.82) is 0 Å². The van der Waals surface area contributed by atoms with E-state index in [1.54, 1.807) is 6.92 Å². The number of rotatable bonds is 12. The lowest BCUT2D eigenvalue weighted by molar-refractivity contribution is -0.139. The first kappa shape index (κ1) is 30.8. The van der Waals surface area contributed by atoms with E-state index in [1.807, 2.05) is 38.1 Å². The van der Waals surface area contributed by atoms with Gasteiger partial charge in [0.1, 0.15) is 31.6 Å². The van der Waals surface area contributed by atoms with Gasteiger partial charge in [-0.15, -0.1) is 0 Å². The van der Waals surface area contributed by atoms with E-state index in [2.05, 4.69) is 5.32 Å². The molecule has 11 heteroatoms. The van der Waals surface area contributed by atoms with Gasteiger partial charge in [0.05, 0.1) is 10.6 Å². The Labute approximate surface area is 246 Å². The number of hydrogen-bond donors (Lipinski definition) is 1. The fourth-order valence-electron chi connectivity index (χ4n) is 4.46. The molecule has 224 valence electrons. The number of hydrogen-bond acceptors (Lipinski definition) is 6. The number of unbranched alkanes of at least 4 members (excludes halogenated alkanes) is 1.